The highest BCUT2D eigenvalue weighted by molar-refractivity contribution is 7.89. The van der Waals surface area contributed by atoms with Gasteiger partial charge in [-0.1, -0.05) is 13.8 Å². The predicted molar refractivity (Wildman–Crippen MR) is 74.0 cm³/mol. The first-order valence-corrected chi connectivity index (χ1v) is 8.65. The zero-order valence-electron chi connectivity index (χ0n) is 11.7. The van der Waals surface area contributed by atoms with Crippen molar-refractivity contribution in [3.05, 3.63) is 0 Å². The molecule has 2 aliphatic rings. The third-order valence-corrected chi connectivity index (χ3v) is 6.02. The van der Waals surface area contributed by atoms with Crippen molar-refractivity contribution in [2.45, 2.75) is 63.8 Å². The van der Waals surface area contributed by atoms with Crippen LogP contribution in [0.1, 0.15) is 46.5 Å². The van der Waals surface area contributed by atoms with Crippen LogP contribution in [0.4, 0.5) is 0 Å². The molecule has 2 fully saturated rings. The van der Waals surface area contributed by atoms with Crippen LogP contribution in [0.2, 0.25) is 0 Å². The lowest BCUT2D eigenvalue weighted by atomic mass is 10.3. The van der Waals surface area contributed by atoms with E-state index in [0.717, 1.165) is 19.4 Å². The van der Waals surface area contributed by atoms with E-state index >= 15 is 0 Å². The SMILES string of the molecule is CC(C)NCC(C)S(=O)(=O)N(CC1CC1)C1CC1. The molecule has 0 radical (unpaired) electrons. The fraction of sp³-hybridized carbons (Fsp3) is 1.00. The lowest BCUT2D eigenvalue weighted by Gasteiger charge is -2.26. The van der Waals surface area contributed by atoms with Crippen LogP contribution in [0.25, 0.3) is 0 Å². The number of nitrogens with zero attached hydrogens (tertiary/aromatic N) is 1. The molecule has 1 unspecified atom stereocenters. The number of nitrogens with one attached hydrogen (secondary N) is 1. The number of sulfonamides is 1. The summed E-state index contributed by atoms with van der Waals surface area (Å²) in [5.74, 6) is 0.630. The minimum Gasteiger partial charge on any atom is -0.313 e. The average molecular weight is 274 g/mol. The molecule has 18 heavy (non-hydrogen) atoms. The van der Waals surface area contributed by atoms with Gasteiger partial charge in [0, 0.05) is 25.2 Å². The lowest BCUT2D eigenvalue weighted by molar-refractivity contribution is 0.381. The van der Waals surface area contributed by atoms with E-state index in [1.165, 1.54) is 12.8 Å². The molecule has 0 heterocycles. The van der Waals surface area contributed by atoms with E-state index < -0.39 is 10.0 Å². The van der Waals surface area contributed by atoms with Crippen molar-refractivity contribution >= 4 is 10.0 Å². The van der Waals surface area contributed by atoms with Gasteiger partial charge in [-0.25, -0.2) is 8.42 Å². The molecular weight excluding hydrogens is 248 g/mol. The maximum atomic E-state index is 12.6. The van der Waals surface area contributed by atoms with Crippen LogP contribution in [-0.2, 0) is 10.0 Å². The molecule has 0 aromatic carbocycles. The Balaban J connectivity index is 1.96. The first kappa shape index (κ1) is 14.3. The Morgan fingerprint density at radius 1 is 1.17 bits per heavy atom. The second kappa shape index (κ2) is 5.47. The molecule has 1 N–H and O–H groups in total. The summed E-state index contributed by atoms with van der Waals surface area (Å²) in [4.78, 5) is 0. The van der Waals surface area contributed by atoms with Crippen LogP contribution >= 0.6 is 0 Å². The molecule has 0 aromatic rings. The molecule has 0 saturated heterocycles. The van der Waals surface area contributed by atoms with Crippen LogP contribution in [-0.4, -0.2) is 43.1 Å². The van der Waals surface area contributed by atoms with E-state index in [0.29, 0.717) is 24.5 Å². The Morgan fingerprint density at radius 2 is 1.78 bits per heavy atom. The maximum Gasteiger partial charge on any atom is 0.218 e. The Kier molecular flexibility index (Phi) is 4.34. The molecule has 0 spiro atoms. The molecule has 0 bridgehead atoms. The molecule has 0 aliphatic heterocycles. The molecule has 5 heteroatoms. The number of rotatable bonds is 8. The Hall–Kier alpha value is -0.130. The van der Waals surface area contributed by atoms with E-state index in [1.807, 2.05) is 20.8 Å². The molecular formula is C13H26N2O2S. The largest absolute Gasteiger partial charge is 0.313 e. The van der Waals surface area contributed by atoms with Crippen LogP contribution in [0, 0.1) is 5.92 Å². The van der Waals surface area contributed by atoms with Gasteiger partial charge in [0.1, 0.15) is 0 Å². The highest BCUT2D eigenvalue weighted by Gasteiger charge is 2.42. The molecule has 0 amide bonds. The summed E-state index contributed by atoms with van der Waals surface area (Å²) in [5.41, 5.74) is 0. The maximum absolute atomic E-state index is 12.6. The van der Waals surface area contributed by atoms with E-state index in [2.05, 4.69) is 5.32 Å². The van der Waals surface area contributed by atoms with Gasteiger partial charge in [0.2, 0.25) is 10.0 Å². The van der Waals surface area contributed by atoms with Crippen LogP contribution in [0.3, 0.4) is 0 Å². The standard InChI is InChI=1S/C13H26N2O2S/c1-10(2)14-8-11(3)18(16,17)15(13-6-7-13)9-12-4-5-12/h10-14H,4-9H2,1-3H3. The van der Waals surface area contributed by atoms with Gasteiger partial charge < -0.3 is 5.32 Å². The third kappa shape index (κ3) is 3.68. The first-order chi connectivity index (χ1) is 8.41. The number of hydrogen-bond acceptors (Lipinski definition) is 3. The van der Waals surface area contributed by atoms with Crippen molar-refractivity contribution in [2.75, 3.05) is 13.1 Å². The summed E-state index contributed by atoms with van der Waals surface area (Å²) < 4.78 is 27.0. The monoisotopic (exact) mass is 274 g/mol. The predicted octanol–water partition coefficient (Wildman–Crippen LogP) is 1.58. The highest BCUT2D eigenvalue weighted by atomic mass is 32.2. The minimum atomic E-state index is -3.12. The molecule has 2 rings (SSSR count). The topological polar surface area (TPSA) is 49.4 Å². The quantitative estimate of drug-likeness (QED) is 0.731. The van der Waals surface area contributed by atoms with Crippen LogP contribution < -0.4 is 5.32 Å². The third-order valence-electron chi connectivity index (χ3n) is 3.74. The van der Waals surface area contributed by atoms with E-state index in [4.69, 9.17) is 0 Å². The summed E-state index contributed by atoms with van der Waals surface area (Å²) in [5, 5.41) is 2.91. The van der Waals surface area contributed by atoms with Gasteiger partial charge in [-0.05, 0) is 38.5 Å². The van der Waals surface area contributed by atoms with Crippen molar-refractivity contribution < 1.29 is 8.42 Å². The number of hydrogen-bond donors (Lipinski definition) is 1. The summed E-state index contributed by atoms with van der Waals surface area (Å²) in [6, 6.07) is 0.637. The van der Waals surface area contributed by atoms with E-state index in [-0.39, 0.29) is 5.25 Å². The highest BCUT2D eigenvalue weighted by Crippen LogP contribution is 2.37. The Labute approximate surface area is 111 Å². The Morgan fingerprint density at radius 3 is 2.22 bits per heavy atom. The smallest absolute Gasteiger partial charge is 0.218 e. The van der Waals surface area contributed by atoms with Crippen LogP contribution in [0.5, 0.6) is 0 Å². The normalized spacial score (nSPS) is 22.7. The summed E-state index contributed by atoms with van der Waals surface area (Å²) >= 11 is 0. The average Bonchev–Trinajstić information content (AvgIpc) is 3.14. The van der Waals surface area contributed by atoms with Gasteiger partial charge in [-0.3, -0.25) is 0 Å². The van der Waals surface area contributed by atoms with Crippen molar-refractivity contribution in [3.8, 4) is 0 Å². The van der Waals surface area contributed by atoms with Gasteiger partial charge >= 0.3 is 0 Å². The minimum absolute atomic E-state index is 0.303. The second-order valence-corrected chi connectivity index (χ2v) is 8.47. The van der Waals surface area contributed by atoms with E-state index in [9.17, 15) is 8.42 Å². The zero-order chi connectivity index (χ0) is 13.3. The first-order valence-electron chi connectivity index (χ1n) is 7.15. The fourth-order valence-electron chi connectivity index (χ4n) is 2.12. The van der Waals surface area contributed by atoms with Crippen molar-refractivity contribution in [1.29, 1.82) is 0 Å². The molecule has 106 valence electrons. The molecule has 2 aliphatic carbocycles. The molecule has 0 aromatic heterocycles. The van der Waals surface area contributed by atoms with Gasteiger partial charge in [-0.15, -0.1) is 0 Å². The fourth-order valence-corrected chi connectivity index (χ4v) is 3.93. The van der Waals surface area contributed by atoms with Crippen molar-refractivity contribution in [2.24, 2.45) is 5.92 Å². The molecule has 4 nitrogen and oxygen atoms in total. The van der Waals surface area contributed by atoms with Gasteiger partial charge in [0.05, 0.1) is 5.25 Å². The molecule has 2 saturated carbocycles. The molecule has 1 atom stereocenters. The van der Waals surface area contributed by atoms with Crippen molar-refractivity contribution in [1.82, 2.24) is 9.62 Å². The summed E-state index contributed by atoms with van der Waals surface area (Å²) in [6.45, 7) is 7.23. The Bertz CT molecular complexity index is 372. The van der Waals surface area contributed by atoms with Crippen molar-refractivity contribution in [3.63, 3.8) is 0 Å². The zero-order valence-corrected chi connectivity index (χ0v) is 12.5. The van der Waals surface area contributed by atoms with Gasteiger partial charge in [-0.2, -0.15) is 4.31 Å². The van der Waals surface area contributed by atoms with Gasteiger partial charge in [0.15, 0.2) is 0 Å². The summed E-state index contributed by atoms with van der Waals surface area (Å²) in [7, 11) is -3.12. The van der Waals surface area contributed by atoms with Crippen LogP contribution in [0.15, 0.2) is 0 Å². The van der Waals surface area contributed by atoms with E-state index in [1.54, 1.807) is 4.31 Å². The summed E-state index contributed by atoms with van der Waals surface area (Å²) in [6.07, 6.45) is 4.52. The second-order valence-electron chi connectivity index (χ2n) is 6.16. The lowest BCUT2D eigenvalue weighted by Crippen LogP contribution is -2.45. The van der Waals surface area contributed by atoms with Gasteiger partial charge in [0.25, 0.3) is 0 Å².